The first-order chi connectivity index (χ1) is 33.6. The minimum absolute atomic E-state index is 0.825. The second-order valence-corrected chi connectivity index (χ2v) is 17.7. The highest BCUT2D eigenvalue weighted by Crippen LogP contribution is 2.44. The Kier molecular flexibility index (Phi) is 7.69. The molecule has 11 aromatic carbocycles. The normalized spacial score (nSPS) is 12.1. The average molecular weight is 873 g/mol. The second kappa shape index (κ2) is 14.1. The van der Waals surface area contributed by atoms with E-state index in [1.54, 1.807) is 0 Å². The molecular weight excluding hydrogens is 837 g/mol. The minimum atomic E-state index is 0.825. The molecule has 0 saturated carbocycles. The number of fused-ring (bicyclic) bond motifs is 14. The van der Waals surface area contributed by atoms with Gasteiger partial charge >= 0.3 is 0 Å². The molecule has 15 aromatic rings. The average Bonchev–Trinajstić information content (AvgIpc) is 4.14. The van der Waals surface area contributed by atoms with Gasteiger partial charge in [-0.05, 0) is 143 Å². The zero-order valence-corrected chi connectivity index (χ0v) is 36.3. The van der Waals surface area contributed by atoms with Crippen molar-refractivity contribution in [2.24, 2.45) is 0 Å². The lowest BCUT2D eigenvalue weighted by atomic mass is 10.0. The summed E-state index contributed by atoms with van der Waals surface area (Å²) in [7, 11) is 0. The number of hydrogen-bond donors (Lipinski definition) is 0. The van der Waals surface area contributed by atoms with Crippen LogP contribution in [0.15, 0.2) is 236 Å². The van der Waals surface area contributed by atoms with E-state index in [0.717, 1.165) is 143 Å². The molecular formula is C62H36N2O4. The fourth-order valence-corrected chi connectivity index (χ4v) is 10.5. The van der Waals surface area contributed by atoms with E-state index in [0.29, 0.717) is 0 Å². The maximum atomic E-state index is 6.71. The Morgan fingerprint density at radius 3 is 1.00 bits per heavy atom. The van der Waals surface area contributed by atoms with Crippen LogP contribution in [-0.4, -0.2) is 0 Å². The van der Waals surface area contributed by atoms with Crippen molar-refractivity contribution in [2.75, 3.05) is 9.80 Å². The molecule has 6 heteroatoms. The maximum Gasteiger partial charge on any atom is 0.137 e. The number of furan rings is 4. The SMILES string of the molecule is c1ccc(N(c2ccc3cc4c(cc3c2)oc2cc3c(cc24)oc2cc4cc(N(c5ccccc5)c5ccc6c(c5)oc5ccccc56)ccc4cc23)c2ccc3c(c2)oc2ccccc23)cc1. The van der Waals surface area contributed by atoms with Crippen LogP contribution in [0.1, 0.15) is 0 Å². The molecule has 0 saturated heterocycles. The predicted molar refractivity (Wildman–Crippen MR) is 280 cm³/mol. The molecule has 15 rings (SSSR count). The van der Waals surface area contributed by atoms with Gasteiger partial charge in [0, 0.05) is 89.3 Å². The standard InChI is InChI=1S/C62H36N2O4/c1-3-11-41(12-4-1)63(45-23-25-49-47-15-7-9-17-55(47)65-59(49)33-45)43-21-19-37-29-51-53-35-62-54(36-61(53)67-57(51)31-39(37)27-43)52-30-38-20-22-44(28-40(38)32-58(52)68-62)64(42-13-5-2-6-14-42)46-24-26-50-48-16-8-10-18-56(48)66-60(50)34-46/h1-36H. The zero-order chi connectivity index (χ0) is 44.5. The quantitative estimate of drug-likeness (QED) is 0.166. The Bertz CT molecular complexity index is 4230. The van der Waals surface area contributed by atoms with E-state index in [-0.39, 0.29) is 0 Å². The molecule has 0 atom stereocenters. The highest BCUT2D eigenvalue weighted by molar-refractivity contribution is 6.18. The van der Waals surface area contributed by atoms with Gasteiger partial charge in [0.2, 0.25) is 0 Å². The third-order valence-electron chi connectivity index (χ3n) is 13.7. The summed E-state index contributed by atoms with van der Waals surface area (Å²) in [5.41, 5.74) is 13.0. The van der Waals surface area contributed by atoms with E-state index >= 15 is 0 Å². The van der Waals surface area contributed by atoms with Gasteiger partial charge in [-0.1, -0.05) is 84.9 Å². The first-order valence-electron chi connectivity index (χ1n) is 22.9. The van der Waals surface area contributed by atoms with Gasteiger partial charge in [0.1, 0.15) is 44.7 Å². The Morgan fingerprint density at radius 1 is 0.191 bits per heavy atom. The largest absolute Gasteiger partial charge is 0.456 e. The molecule has 0 spiro atoms. The van der Waals surface area contributed by atoms with Gasteiger partial charge in [-0.3, -0.25) is 0 Å². The van der Waals surface area contributed by atoms with Gasteiger partial charge in [-0.2, -0.15) is 0 Å². The molecule has 0 unspecified atom stereocenters. The fraction of sp³-hybridized carbons (Fsp3) is 0. The van der Waals surface area contributed by atoms with Crippen molar-refractivity contribution in [3.8, 4) is 0 Å². The Hall–Kier alpha value is -9.26. The molecule has 0 bridgehead atoms. The molecule has 0 aliphatic heterocycles. The molecule has 4 heterocycles. The summed E-state index contributed by atoms with van der Waals surface area (Å²) in [6.07, 6.45) is 0. The van der Waals surface area contributed by atoms with Crippen LogP contribution in [0.2, 0.25) is 0 Å². The molecule has 0 aliphatic rings. The van der Waals surface area contributed by atoms with Gasteiger partial charge in [-0.15, -0.1) is 0 Å². The summed E-state index contributed by atoms with van der Waals surface area (Å²) in [5, 5.41) is 13.0. The van der Waals surface area contributed by atoms with Crippen LogP contribution in [-0.2, 0) is 0 Å². The summed E-state index contributed by atoms with van der Waals surface area (Å²) in [6.45, 7) is 0. The van der Waals surface area contributed by atoms with Crippen molar-refractivity contribution in [1.82, 2.24) is 0 Å². The van der Waals surface area contributed by atoms with Gasteiger partial charge in [-0.25, -0.2) is 0 Å². The van der Waals surface area contributed by atoms with Crippen LogP contribution in [0.4, 0.5) is 34.1 Å². The first kappa shape index (κ1) is 37.0. The molecule has 0 fully saturated rings. The molecule has 6 nitrogen and oxygen atoms in total. The van der Waals surface area contributed by atoms with E-state index in [2.05, 4.69) is 192 Å². The van der Waals surface area contributed by atoms with Crippen molar-refractivity contribution >= 4 is 143 Å². The van der Waals surface area contributed by atoms with E-state index in [4.69, 9.17) is 17.7 Å². The number of rotatable bonds is 6. The van der Waals surface area contributed by atoms with Crippen LogP contribution in [0.5, 0.6) is 0 Å². The van der Waals surface area contributed by atoms with Crippen LogP contribution in [0.3, 0.4) is 0 Å². The summed E-state index contributed by atoms with van der Waals surface area (Å²) < 4.78 is 26.1. The van der Waals surface area contributed by atoms with Crippen LogP contribution in [0, 0.1) is 0 Å². The number of hydrogen-bond acceptors (Lipinski definition) is 6. The van der Waals surface area contributed by atoms with Crippen molar-refractivity contribution in [3.05, 3.63) is 218 Å². The topological polar surface area (TPSA) is 59.0 Å². The molecule has 4 aromatic heterocycles. The predicted octanol–water partition coefficient (Wildman–Crippen LogP) is 18.5. The summed E-state index contributed by atoms with van der Waals surface area (Å²) in [5.74, 6) is 0. The Morgan fingerprint density at radius 2 is 0.529 bits per heavy atom. The summed E-state index contributed by atoms with van der Waals surface area (Å²) in [6, 6.07) is 76.7. The fourth-order valence-electron chi connectivity index (χ4n) is 10.5. The molecule has 0 amide bonds. The number of nitrogens with zero attached hydrogens (tertiary/aromatic N) is 2. The monoisotopic (exact) mass is 872 g/mol. The van der Waals surface area contributed by atoms with Gasteiger partial charge in [0.05, 0.1) is 0 Å². The van der Waals surface area contributed by atoms with Crippen LogP contribution in [0.25, 0.3) is 109 Å². The van der Waals surface area contributed by atoms with Gasteiger partial charge < -0.3 is 27.5 Å². The lowest BCUT2D eigenvalue weighted by Gasteiger charge is -2.25. The molecule has 0 N–H and O–H groups in total. The van der Waals surface area contributed by atoms with Gasteiger partial charge in [0.25, 0.3) is 0 Å². The third-order valence-corrected chi connectivity index (χ3v) is 13.7. The summed E-state index contributed by atoms with van der Waals surface area (Å²) >= 11 is 0. The van der Waals surface area contributed by atoms with Crippen molar-refractivity contribution in [1.29, 1.82) is 0 Å². The second-order valence-electron chi connectivity index (χ2n) is 17.7. The zero-order valence-electron chi connectivity index (χ0n) is 36.3. The number of benzene rings is 11. The number of para-hydroxylation sites is 4. The van der Waals surface area contributed by atoms with E-state index in [9.17, 15) is 0 Å². The minimum Gasteiger partial charge on any atom is -0.456 e. The lowest BCUT2D eigenvalue weighted by Crippen LogP contribution is -2.09. The van der Waals surface area contributed by atoms with Crippen molar-refractivity contribution in [3.63, 3.8) is 0 Å². The Balaban J connectivity index is 0.814. The van der Waals surface area contributed by atoms with Crippen molar-refractivity contribution < 1.29 is 17.7 Å². The third kappa shape index (κ3) is 5.64. The molecule has 318 valence electrons. The molecule has 0 aliphatic carbocycles. The maximum absolute atomic E-state index is 6.71. The molecule has 68 heavy (non-hydrogen) atoms. The molecule has 0 radical (unpaired) electrons. The highest BCUT2D eigenvalue weighted by atomic mass is 16.3. The Labute approximate surface area is 387 Å². The number of anilines is 6. The summed E-state index contributed by atoms with van der Waals surface area (Å²) in [4.78, 5) is 4.56. The van der Waals surface area contributed by atoms with Crippen LogP contribution >= 0.6 is 0 Å². The van der Waals surface area contributed by atoms with E-state index in [1.165, 1.54) is 0 Å². The smallest absolute Gasteiger partial charge is 0.137 e. The van der Waals surface area contributed by atoms with Gasteiger partial charge in [0.15, 0.2) is 0 Å². The van der Waals surface area contributed by atoms with E-state index < -0.39 is 0 Å². The first-order valence-corrected chi connectivity index (χ1v) is 22.9. The highest BCUT2D eigenvalue weighted by Gasteiger charge is 2.20. The van der Waals surface area contributed by atoms with E-state index in [1.807, 2.05) is 36.4 Å². The van der Waals surface area contributed by atoms with Crippen molar-refractivity contribution in [2.45, 2.75) is 0 Å². The van der Waals surface area contributed by atoms with Crippen LogP contribution < -0.4 is 9.80 Å². The lowest BCUT2D eigenvalue weighted by molar-refractivity contribution is 0.664.